The van der Waals surface area contributed by atoms with Crippen LogP contribution in [0.1, 0.15) is 41.3 Å². The SMILES string of the molecule is O=C(c1ccccc1F)N1CCCC1CC(O)c1ccccc1. The van der Waals surface area contributed by atoms with E-state index < -0.39 is 11.9 Å². The van der Waals surface area contributed by atoms with Gasteiger partial charge in [0.2, 0.25) is 0 Å². The number of benzene rings is 2. The first-order chi connectivity index (χ1) is 11.2. The van der Waals surface area contributed by atoms with Crippen LogP contribution in [0.25, 0.3) is 0 Å². The number of rotatable bonds is 4. The molecule has 2 aromatic carbocycles. The van der Waals surface area contributed by atoms with E-state index in [0.717, 1.165) is 18.4 Å². The summed E-state index contributed by atoms with van der Waals surface area (Å²) in [6, 6.07) is 15.4. The Kier molecular flexibility index (Phi) is 4.72. The van der Waals surface area contributed by atoms with Crippen LogP contribution in [-0.4, -0.2) is 28.5 Å². The topological polar surface area (TPSA) is 40.5 Å². The molecule has 0 radical (unpaired) electrons. The summed E-state index contributed by atoms with van der Waals surface area (Å²) >= 11 is 0. The van der Waals surface area contributed by atoms with Crippen molar-refractivity contribution in [2.75, 3.05) is 6.54 Å². The van der Waals surface area contributed by atoms with Gasteiger partial charge in [-0.15, -0.1) is 0 Å². The number of halogens is 1. The van der Waals surface area contributed by atoms with Crippen molar-refractivity contribution in [3.05, 3.63) is 71.5 Å². The van der Waals surface area contributed by atoms with Gasteiger partial charge in [0.1, 0.15) is 5.82 Å². The van der Waals surface area contributed by atoms with Crippen molar-refractivity contribution in [3.8, 4) is 0 Å². The van der Waals surface area contributed by atoms with Crippen LogP contribution < -0.4 is 0 Å². The van der Waals surface area contributed by atoms with Crippen molar-refractivity contribution < 1.29 is 14.3 Å². The van der Waals surface area contributed by atoms with Crippen molar-refractivity contribution in [2.45, 2.75) is 31.4 Å². The fourth-order valence-electron chi connectivity index (χ4n) is 3.21. The minimum Gasteiger partial charge on any atom is -0.388 e. The maximum atomic E-state index is 13.9. The number of nitrogens with zero attached hydrogens (tertiary/aromatic N) is 1. The number of carbonyl (C=O) groups is 1. The van der Waals surface area contributed by atoms with Crippen molar-refractivity contribution >= 4 is 5.91 Å². The monoisotopic (exact) mass is 313 g/mol. The maximum Gasteiger partial charge on any atom is 0.257 e. The van der Waals surface area contributed by atoms with Gasteiger partial charge < -0.3 is 10.0 Å². The Hall–Kier alpha value is -2.20. The summed E-state index contributed by atoms with van der Waals surface area (Å²) in [6.07, 6.45) is 1.58. The average molecular weight is 313 g/mol. The Bertz CT molecular complexity index is 674. The Labute approximate surface area is 135 Å². The largest absolute Gasteiger partial charge is 0.388 e. The van der Waals surface area contributed by atoms with Gasteiger partial charge in [0, 0.05) is 12.6 Å². The zero-order chi connectivity index (χ0) is 16.2. The fraction of sp³-hybridized carbons (Fsp3) is 0.316. The minimum atomic E-state index is -0.616. The van der Waals surface area contributed by atoms with Crippen molar-refractivity contribution in [3.63, 3.8) is 0 Å². The van der Waals surface area contributed by atoms with Gasteiger partial charge in [-0.05, 0) is 37.0 Å². The first-order valence-electron chi connectivity index (χ1n) is 7.95. The van der Waals surface area contributed by atoms with Crippen LogP contribution in [0.3, 0.4) is 0 Å². The zero-order valence-electron chi connectivity index (χ0n) is 12.9. The van der Waals surface area contributed by atoms with E-state index in [1.807, 2.05) is 30.3 Å². The smallest absolute Gasteiger partial charge is 0.257 e. The van der Waals surface area contributed by atoms with Crippen LogP contribution >= 0.6 is 0 Å². The molecule has 2 unspecified atom stereocenters. The molecule has 0 saturated carbocycles. The molecular weight excluding hydrogens is 293 g/mol. The Balaban J connectivity index is 1.73. The third kappa shape index (κ3) is 3.42. The zero-order valence-corrected chi connectivity index (χ0v) is 12.9. The maximum absolute atomic E-state index is 13.9. The molecule has 1 aliphatic heterocycles. The predicted molar refractivity (Wildman–Crippen MR) is 86.5 cm³/mol. The Morgan fingerprint density at radius 3 is 2.61 bits per heavy atom. The molecule has 0 bridgehead atoms. The van der Waals surface area contributed by atoms with Gasteiger partial charge in [-0.2, -0.15) is 0 Å². The lowest BCUT2D eigenvalue weighted by Crippen LogP contribution is -2.36. The summed E-state index contributed by atoms with van der Waals surface area (Å²) in [5, 5.41) is 10.4. The highest BCUT2D eigenvalue weighted by Crippen LogP contribution is 2.28. The second-order valence-corrected chi connectivity index (χ2v) is 5.94. The third-order valence-corrected chi connectivity index (χ3v) is 4.42. The second-order valence-electron chi connectivity index (χ2n) is 5.94. The summed E-state index contributed by atoms with van der Waals surface area (Å²) in [5.74, 6) is -0.780. The Morgan fingerprint density at radius 1 is 1.17 bits per heavy atom. The van der Waals surface area contributed by atoms with Gasteiger partial charge in [-0.25, -0.2) is 4.39 Å². The number of amides is 1. The van der Waals surface area contributed by atoms with E-state index in [4.69, 9.17) is 0 Å². The molecule has 3 rings (SSSR count). The lowest BCUT2D eigenvalue weighted by atomic mass is 10.00. The highest BCUT2D eigenvalue weighted by atomic mass is 19.1. The molecule has 1 aliphatic rings. The molecule has 1 fully saturated rings. The summed E-state index contributed by atoms with van der Waals surface area (Å²) in [6.45, 7) is 0.610. The van der Waals surface area contributed by atoms with Gasteiger partial charge in [-0.1, -0.05) is 42.5 Å². The molecule has 0 aliphatic carbocycles. The lowest BCUT2D eigenvalue weighted by Gasteiger charge is -2.27. The van der Waals surface area contributed by atoms with E-state index in [-0.39, 0.29) is 17.5 Å². The van der Waals surface area contributed by atoms with Gasteiger partial charge in [-0.3, -0.25) is 4.79 Å². The molecule has 1 heterocycles. The second kappa shape index (κ2) is 6.92. The quantitative estimate of drug-likeness (QED) is 0.937. The van der Waals surface area contributed by atoms with Gasteiger partial charge >= 0.3 is 0 Å². The third-order valence-electron chi connectivity index (χ3n) is 4.42. The molecule has 1 amide bonds. The standard InChI is InChI=1S/C19H20FNO2/c20-17-11-5-4-10-16(17)19(23)21-12-6-9-15(21)13-18(22)14-7-2-1-3-8-14/h1-5,7-8,10-11,15,18,22H,6,9,12-13H2. The summed E-state index contributed by atoms with van der Waals surface area (Å²) < 4.78 is 13.9. The molecule has 2 atom stereocenters. The minimum absolute atomic E-state index is 0.0580. The van der Waals surface area contributed by atoms with Gasteiger partial charge in [0.15, 0.2) is 0 Å². The van der Waals surface area contributed by atoms with Gasteiger partial charge in [0.25, 0.3) is 5.91 Å². The van der Waals surface area contributed by atoms with Crippen LogP contribution in [0.5, 0.6) is 0 Å². The van der Waals surface area contributed by atoms with E-state index in [1.165, 1.54) is 12.1 Å². The number of carbonyl (C=O) groups excluding carboxylic acids is 1. The van der Waals surface area contributed by atoms with Crippen LogP contribution in [-0.2, 0) is 0 Å². The highest BCUT2D eigenvalue weighted by Gasteiger charge is 2.32. The molecule has 2 aromatic rings. The molecule has 1 N–H and O–H groups in total. The summed E-state index contributed by atoms with van der Waals surface area (Å²) in [5.41, 5.74) is 0.950. The average Bonchev–Trinajstić information content (AvgIpc) is 3.03. The van der Waals surface area contributed by atoms with Crippen molar-refractivity contribution in [2.24, 2.45) is 0 Å². The number of aliphatic hydroxyl groups is 1. The van der Waals surface area contributed by atoms with Gasteiger partial charge in [0.05, 0.1) is 11.7 Å². The number of likely N-dealkylation sites (tertiary alicyclic amines) is 1. The lowest BCUT2D eigenvalue weighted by molar-refractivity contribution is 0.0662. The van der Waals surface area contributed by atoms with E-state index in [2.05, 4.69) is 0 Å². The van der Waals surface area contributed by atoms with E-state index in [9.17, 15) is 14.3 Å². The Morgan fingerprint density at radius 2 is 1.87 bits per heavy atom. The number of hydrogen-bond acceptors (Lipinski definition) is 2. The normalized spacial score (nSPS) is 18.9. The number of aliphatic hydroxyl groups excluding tert-OH is 1. The molecule has 23 heavy (non-hydrogen) atoms. The van der Waals surface area contributed by atoms with Crippen LogP contribution in [0.2, 0.25) is 0 Å². The van der Waals surface area contributed by atoms with E-state index >= 15 is 0 Å². The molecular formula is C19H20FNO2. The van der Waals surface area contributed by atoms with E-state index in [0.29, 0.717) is 13.0 Å². The summed E-state index contributed by atoms with van der Waals surface area (Å²) in [7, 11) is 0. The highest BCUT2D eigenvalue weighted by molar-refractivity contribution is 5.94. The van der Waals surface area contributed by atoms with Crippen LogP contribution in [0.15, 0.2) is 54.6 Å². The first-order valence-corrected chi connectivity index (χ1v) is 7.95. The molecule has 3 nitrogen and oxygen atoms in total. The van der Waals surface area contributed by atoms with Crippen LogP contribution in [0, 0.1) is 5.82 Å². The predicted octanol–water partition coefficient (Wildman–Crippen LogP) is 3.55. The van der Waals surface area contributed by atoms with Crippen molar-refractivity contribution in [1.29, 1.82) is 0 Å². The first kappa shape index (κ1) is 15.7. The fourth-order valence-corrected chi connectivity index (χ4v) is 3.21. The molecule has 1 saturated heterocycles. The molecule has 0 aromatic heterocycles. The summed E-state index contributed by atoms with van der Waals surface area (Å²) in [4.78, 5) is 14.3. The molecule has 120 valence electrons. The van der Waals surface area contributed by atoms with Crippen molar-refractivity contribution in [1.82, 2.24) is 4.90 Å². The number of hydrogen-bond donors (Lipinski definition) is 1. The molecule has 4 heteroatoms. The van der Waals surface area contributed by atoms with Crippen LogP contribution in [0.4, 0.5) is 4.39 Å². The molecule has 0 spiro atoms. The van der Waals surface area contributed by atoms with E-state index in [1.54, 1.807) is 17.0 Å².